The molecule has 0 aliphatic heterocycles. The van der Waals surface area contributed by atoms with E-state index < -0.39 is 5.91 Å². The van der Waals surface area contributed by atoms with Crippen molar-refractivity contribution in [2.75, 3.05) is 12.3 Å². The maximum Gasteiger partial charge on any atom is 0.231 e. The van der Waals surface area contributed by atoms with Crippen molar-refractivity contribution in [3.63, 3.8) is 0 Å². The van der Waals surface area contributed by atoms with Crippen molar-refractivity contribution in [1.29, 1.82) is 0 Å². The van der Waals surface area contributed by atoms with E-state index in [0.29, 0.717) is 5.69 Å². The number of nitrogen functional groups attached to an aromatic ring is 1. The first-order valence-corrected chi connectivity index (χ1v) is 6.99. The molecule has 104 valence electrons. The van der Waals surface area contributed by atoms with Crippen molar-refractivity contribution in [2.24, 2.45) is 5.73 Å². The lowest BCUT2D eigenvalue weighted by atomic mass is 9.97. The summed E-state index contributed by atoms with van der Waals surface area (Å²) < 4.78 is 0.934. The number of rotatable bonds is 5. The zero-order valence-electron chi connectivity index (χ0n) is 10.8. The number of nitrogens with one attached hydrogen (secondary N) is 1. The van der Waals surface area contributed by atoms with Crippen LogP contribution in [0, 0.1) is 0 Å². The van der Waals surface area contributed by atoms with Gasteiger partial charge in [-0.2, -0.15) is 0 Å². The number of hydrogen-bond donors (Lipinski definition) is 3. The van der Waals surface area contributed by atoms with E-state index in [9.17, 15) is 4.79 Å². The monoisotopic (exact) mass is 333 g/mol. The summed E-state index contributed by atoms with van der Waals surface area (Å²) in [5.74, 6) is -0.403. The van der Waals surface area contributed by atoms with E-state index >= 15 is 0 Å². The maximum absolute atomic E-state index is 11.0. The van der Waals surface area contributed by atoms with E-state index in [4.69, 9.17) is 11.5 Å². The van der Waals surface area contributed by atoms with Crippen molar-refractivity contribution in [1.82, 2.24) is 5.32 Å². The molecule has 0 unspecified atom stereocenters. The molecular weight excluding hydrogens is 318 g/mol. The Hall–Kier alpha value is -1.85. The second-order valence-electron chi connectivity index (χ2n) is 4.46. The predicted molar refractivity (Wildman–Crippen MR) is 84.0 cm³/mol. The van der Waals surface area contributed by atoms with Gasteiger partial charge < -0.3 is 11.5 Å². The molecule has 5 N–H and O–H groups in total. The Bertz CT molecular complexity index is 601. The molecule has 4 nitrogen and oxygen atoms in total. The van der Waals surface area contributed by atoms with Crippen LogP contribution in [0.5, 0.6) is 0 Å². The Kier molecular flexibility index (Phi) is 4.76. The first-order valence-electron chi connectivity index (χ1n) is 6.19. The number of benzene rings is 2. The summed E-state index contributed by atoms with van der Waals surface area (Å²) in [5.41, 5.74) is 13.9. The maximum atomic E-state index is 11.0. The fourth-order valence-corrected chi connectivity index (χ4v) is 2.43. The lowest BCUT2D eigenvalue weighted by molar-refractivity contribution is -0.117. The lowest BCUT2D eigenvalue weighted by Gasteiger charge is -2.21. The number of carbonyl (C=O) groups is 1. The van der Waals surface area contributed by atoms with Crippen molar-refractivity contribution in [3.8, 4) is 0 Å². The van der Waals surface area contributed by atoms with Gasteiger partial charge in [0.1, 0.15) is 0 Å². The van der Waals surface area contributed by atoms with E-state index in [-0.39, 0.29) is 12.6 Å². The first kappa shape index (κ1) is 14.6. The van der Waals surface area contributed by atoms with Crippen LogP contribution in [0.15, 0.2) is 53.0 Å². The molecule has 1 atom stereocenters. The first-order chi connectivity index (χ1) is 9.58. The molecule has 0 fully saturated rings. The van der Waals surface area contributed by atoms with E-state index in [1.807, 2.05) is 48.5 Å². The SMILES string of the molecule is NC(=O)CN[C@H](c1ccccc1)c1cc(Br)ccc1N. The molecule has 2 aromatic rings. The smallest absolute Gasteiger partial charge is 0.231 e. The molecule has 0 spiro atoms. The molecule has 0 radical (unpaired) electrons. The molecule has 20 heavy (non-hydrogen) atoms. The van der Waals surface area contributed by atoms with Gasteiger partial charge in [-0.25, -0.2) is 0 Å². The van der Waals surface area contributed by atoms with Crippen LogP contribution in [0.2, 0.25) is 0 Å². The largest absolute Gasteiger partial charge is 0.398 e. The molecule has 0 saturated heterocycles. The minimum absolute atomic E-state index is 0.0888. The highest BCUT2D eigenvalue weighted by molar-refractivity contribution is 9.10. The number of anilines is 1. The zero-order valence-corrected chi connectivity index (χ0v) is 12.4. The highest BCUT2D eigenvalue weighted by Gasteiger charge is 2.17. The normalized spacial score (nSPS) is 12.1. The Morgan fingerprint density at radius 3 is 2.55 bits per heavy atom. The Morgan fingerprint density at radius 2 is 1.90 bits per heavy atom. The van der Waals surface area contributed by atoms with Crippen LogP contribution in [0.25, 0.3) is 0 Å². The topological polar surface area (TPSA) is 81.1 Å². The van der Waals surface area contributed by atoms with Crippen LogP contribution in [0.4, 0.5) is 5.69 Å². The average molecular weight is 334 g/mol. The van der Waals surface area contributed by atoms with Crippen LogP contribution in [-0.4, -0.2) is 12.5 Å². The molecule has 0 aliphatic rings. The second kappa shape index (κ2) is 6.54. The summed E-state index contributed by atoms with van der Waals surface area (Å²) in [5, 5.41) is 3.14. The highest BCUT2D eigenvalue weighted by atomic mass is 79.9. The standard InChI is InChI=1S/C15H16BrN3O/c16-11-6-7-13(17)12(8-11)15(19-9-14(18)20)10-4-2-1-3-5-10/h1-8,15,19H,9,17H2,(H2,18,20)/t15-/m1/s1. The van der Waals surface area contributed by atoms with Gasteiger partial charge >= 0.3 is 0 Å². The summed E-state index contributed by atoms with van der Waals surface area (Å²) in [4.78, 5) is 11.0. The molecule has 5 heteroatoms. The molecule has 0 aromatic heterocycles. The number of hydrogen-bond acceptors (Lipinski definition) is 3. The van der Waals surface area contributed by atoms with Gasteiger partial charge in [0.05, 0.1) is 12.6 Å². The number of carbonyl (C=O) groups excluding carboxylic acids is 1. The molecule has 0 bridgehead atoms. The second-order valence-corrected chi connectivity index (χ2v) is 5.38. The Balaban J connectivity index is 2.40. The number of amides is 1. The van der Waals surface area contributed by atoms with E-state index in [1.165, 1.54) is 0 Å². The summed E-state index contributed by atoms with van der Waals surface area (Å²) >= 11 is 3.44. The quantitative estimate of drug-likeness (QED) is 0.733. The third-order valence-electron chi connectivity index (χ3n) is 2.97. The van der Waals surface area contributed by atoms with Crippen LogP contribution in [0.1, 0.15) is 17.2 Å². The van der Waals surface area contributed by atoms with Gasteiger partial charge in [-0.15, -0.1) is 0 Å². The summed E-state index contributed by atoms with van der Waals surface area (Å²) in [6.45, 7) is 0.0888. The predicted octanol–water partition coefficient (Wildman–Crippen LogP) is 2.20. The number of primary amides is 1. The van der Waals surface area contributed by atoms with Gasteiger partial charge in [0, 0.05) is 10.2 Å². The van der Waals surface area contributed by atoms with Gasteiger partial charge in [0.25, 0.3) is 0 Å². The van der Waals surface area contributed by atoms with Gasteiger partial charge in [0.2, 0.25) is 5.91 Å². The molecule has 2 aromatic carbocycles. The molecular formula is C15H16BrN3O. The van der Waals surface area contributed by atoms with Crippen molar-refractivity contribution in [3.05, 3.63) is 64.1 Å². The van der Waals surface area contributed by atoms with Crippen molar-refractivity contribution >= 4 is 27.5 Å². The van der Waals surface area contributed by atoms with E-state index in [1.54, 1.807) is 0 Å². The van der Waals surface area contributed by atoms with Gasteiger partial charge in [-0.05, 0) is 29.3 Å². The lowest BCUT2D eigenvalue weighted by Crippen LogP contribution is -2.32. The van der Waals surface area contributed by atoms with Gasteiger partial charge in [0.15, 0.2) is 0 Å². The van der Waals surface area contributed by atoms with Crippen LogP contribution in [0.3, 0.4) is 0 Å². The van der Waals surface area contributed by atoms with E-state index in [2.05, 4.69) is 21.2 Å². The van der Waals surface area contributed by atoms with Gasteiger partial charge in [-0.3, -0.25) is 10.1 Å². The fraction of sp³-hybridized carbons (Fsp3) is 0.133. The summed E-state index contributed by atoms with van der Waals surface area (Å²) in [7, 11) is 0. The minimum Gasteiger partial charge on any atom is -0.398 e. The molecule has 0 aliphatic carbocycles. The molecule has 0 heterocycles. The molecule has 1 amide bonds. The summed E-state index contributed by atoms with van der Waals surface area (Å²) in [6, 6.07) is 15.3. The number of nitrogens with two attached hydrogens (primary N) is 2. The van der Waals surface area contributed by atoms with E-state index in [0.717, 1.165) is 15.6 Å². The number of halogens is 1. The third kappa shape index (κ3) is 3.59. The average Bonchev–Trinajstić information content (AvgIpc) is 2.43. The fourth-order valence-electron chi connectivity index (χ4n) is 2.05. The summed E-state index contributed by atoms with van der Waals surface area (Å²) in [6.07, 6.45) is 0. The van der Waals surface area contributed by atoms with Gasteiger partial charge in [-0.1, -0.05) is 46.3 Å². The Labute approximate surface area is 126 Å². The highest BCUT2D eigenvalue weighted by Crippen LogP contribution is 2.29. The van der Waals surface area contributed by atoms with Crippen LogP contribution < -0.4 is 16.8 Å². The Morgan fingerprint density at radius 1 is 1.20 bits per heavy atom. The molecule has 2 rings (SSSR count). The third-order valence-corrected chi connectivity index (χ3v) is 3.47. The zero-order chi connectivity index (χ0) is 14.5. The van der Waals surface area contributed by atoms with Crippen LogP contribution in [-0.2, 0) is 4.79 Å². The minimum atomic E-state index is -0.403. The van der Waals surface area contributed by atoms with Crippen molar-refractivity contribution in [2.45, 2.75) is 6.04 Å². The molecule has 0 saturated carbocycles. The van der Waals surface area contributed by atoms with Crippen LogP contribution >= 0.6 is 15.9 Å². The van der Waals surface area contributed by atoms with Crippen molar-refractivity contribution < 1.29 is 4.79 Å².